The molecule has 0 radical (unpaired) electrons. The molecule has 0 saturated carbocycles. The Kier molecular flexibility index (Phi) is 4.96. The summed E-state index contributed by atoms with van der Waals surface area (Å²) < 4.78 is 7.47. The standard InChI is InChI=1S/C24H26N4O3/c1-15-21(16(2)31-26-15)14-28-12-9-25-23(28)17-7-10-27(11-8-17)24(30)20-13-22(29)19-6-4-3-5-18(19)20/h3-6,9,12,17,20H,7-8,10-11,13-14H2,1-2H3. The Bertz CT molecular complexity index is 1120. The number of aromatic nitrogens is 3. The molecular formula is C24H26N4O3. The van der Waals surface area contributed by atoms with Crippen molar-refractivity contribution in [3.8, 4) is 0 Å². The molecule has 7 heteroatoms. The molecule has 1 aliphatic carbocycles. The first-order chi connectivity index (χ1) is 15.0. The van der Waals surface area contributed by atoms with Crippen LogP contribution < -0.4 is 0 Å². The fourth-order valence-corrected chi connectivity index (χ4v) is 4.97. The number of hydrogen-bond acceptors (Lipinski definition) is 5. The minimum Gasteiger partial charge on any atom is -0.361 e. The van der Waals surface area contributed by atoms with Gasteiger partial charge in [-0.25, -0.2) is 4.98 Å². The number of piperidine rings is 1. The van der Waals surface area contributed by atoms with Crippen LogP contribution in [-0.4, -0.2) is 44.4 Å². The first-order valence-electron chi connectivity index (χ1n) is 10.9. The topological polar surface area (TPSA) is 81.2 Å². The number of rotatable bonds is 4. The zero-order chi connectivity index (χ0) is 21.5. The molecule has 1 unspecified atom stereocenters. The van der Waals surface area contributed by atoms with Gasteiger partial charge in [0.15, 0.2) is 5.78 Å². The number of carbonyl (C=O) groups is 2. The lowest BCUT2D eigenvalue weighted by atomic mass is 9.93. The van der Waals surface area contributed by atoms with Crippen molar-refractivity contribution < 1.29 is 14.1 Å². The summed E-state index contributed by atoms with van der Waals surface area (Å²) in [6, 6.07) is 7.51. The molecule has 1 amide bonds. The highest BCUT2D eigenvalue weighted by Gasteiger charge is 2.37. The van der Waals surface area contributed by atoms with E-state index in [1.165, 1.54) is 0 Å². The highest BCUT2D eigenvalue weighted by atomic mass is 16.5. The van der Waals surface area contributed by atoms with Crippen molar-refractivity contribution >= 4 is 11.7 Å². The summed E-state index contributed by atoms with van der Waals surface area (Å²) in [7, 11) is 0. The van der Waals surface area contributed by atoms with Crippen molar-refractivity contribution in [3.63, 3.8) is 0 Å². The summed E-state index contributed by atoms with van der Waals surface area (Å²) in [5.41, 5.74) is 3.59. The van der Waals surface area contributed by atoms with E-state index in [9.17, 15) is 9.59 Å². The maximum atomic E-state index is 13.2. The molecule has 5 rings (SSSR count). The number of ketones is 1. The number of nitrogens with zero attached hydrogens (tertiary/aromatic N) is 4. The summed E-state index contributed by atoms with van der Waals surface area (Å²) in [6.45, 7) is 5.96. The van der Waals surface area contributed by atoms with Gasteiger partial charge in [0.05, 0.1) is 18.2 Å². The molecule has 31 heavy (non-hydrogen) atoms. The third kappa shape index (κ3) is 3.48. The molecule has 160 valence electrons. The summed E-state index contributed by atoms with van der Waals surface area (Å²) >= 11 is 0. The molecule has 0 spiro atoms. The van der Waals surface area contributed by atoms with E-state index in [-0.39, 0.29) is 17.6 Å². The Labute approximate surface area is 181 Å². The average Bonchev–Trinajstić information content (AvgIpc) is 3.48. The monoisotopic (exact) mass is 418 g/mol. The minimum absolute atomic E-state index is 0.0742. The molecule has 3 aromatic rings. The molecule has 1 fully saturated rings. The van der Waals surface area contributed by atoms with Crippen LogP contribution in [-0.2, 0) is 11.3 Å². The first-order valence-corrected chi connectivity index (χ1v) is 10.9. The largest absolute Gasteiger partial charge is 0.361 e. The number of imidazole rings is 1. The van der Waals surface area contributed by atoms with E-state index in [2.05, 4.69) is 14.7 Å². The minimum atomic E-state index is -0.332. The van der Waals surface area contributed by atoms with E-state index in [4.69, 9.17) is 4.52 Å². The maximum Gasteiger partial charge on any atom is 0.230 e. The second kappa shape index (κ2) is 7.80. The van der Waals surface area contributed by atoms with Gasteiger partial charge in [-0.2, -0.15) is 0 Å². The van der Waals surface area contributed by atoms with Crippen LogP contribution in [0.3, 0.4) is 0 Å². The number of carbonyl (C=O) groups excluding carboxylic acids is 2. The van der Waals surface area contributed by atoms with Gasteiger partial charge in [0.2, 0.25) is 5.91 Å². The molecule has 1 atom stereocenters. The third-order valence-electron chi connectivity index (χ3n) is 6.75. The normalized spacial score (nSPS) is 19.1. The van der Waals surface area contributed by atoms with Crippen LogP contribution >= 0.6 is 0 Å². The molecule has 2 aliphatic rings. The number of hydrogen-bond donors (Lipinski definition) is 0. The van der Waals surface area contributed by atoms with Gasteiger partial charge >= 0.3 is 0 Å². The second-order valence-corrected chi connectivity index (χ2v) is 8.58. The SMILES string of the molecule is Cc1noc(C)c1Cn1ccnc1C1CCN(C(=O)C2CC(=O)c3ccccc32)CC1. The van der Waals surface area contributed by atoms with Gasteiger partial charge in [-0.15, -0.1) is 0 Å². The number of amides is 1. The van der Waals surface area contributed by atoms with Gasteiger partial charge in [0.25, 0.3) is 0 Å². The zero-order valence-electron chi connectivity index (χ0n) is 17.9. The van der Waals surface area contributed by atoms with Crippen molar-refractivity contribution in [2.75, 3.05) is 13.1 Å². The summed E-state index contributed by atoms with van der Waals surface area (Å²) in [6.07, 6.45) is 5.87. The lowest BCUT2D eigenvalue weighted by molar-refractivity contribution is -0.133. The fraction of sp³-hybridized carbons (Fsp3) is 0.417. The molecule has 0 bridgehead atoms. The summed E-state index contributed by atoms with van der Waals surface area (Å²) in [5, 5.41) is 4.05. The molecule has 1 aromatic carbocycles. The Balaban J connectivity index is 1.26. The first kappa shape index (κ1) is 19.7. The highest BCUT2D eigenvalue weighted by Crippen LogP contribution is 2.36. The average molecular weight is 418 g/mol. The fourth-order valence-electron chi connectivity index (χ4n) is 4.97. The zero-order valence-corrected chi connectivity index (χ0v) is 17.9. The Morgan fingerprint density at radius 1 is 1.19 bits per heavy atom. The maximum absolute atomic E-state index is 13.2. The predicted molar refractivity (Wildman–Crippen MR) is 114 cm³/mol. The quantitative estimate of drug-likeness (QED) is 0.647. The van der Waals surface area contributed by atoms with E-state index in [0.29, 0.717) is 37.5 Å². The van der Waals surface area contributed by atoms with Crippen molar-refractivity contribution in [2.24, 2.45) is 0 Å². The van der Waals surface area contributed by atoms with Crippen LogP contribution in [0.5, 0.6) is 0 Å². The van der Waals surface area contributed by atoms with Crippen LogP contribution in [0, 0.1) is 13.8 Å². The third-order valence-corrected chi connectivity index (χ3v) is 6.75. The number of likely N-dealkylation sites (tertiary alicyclic amines) is 1. The number of Topliss-reactive ketones (excluding diaryl/α,β-unsaturated/α-hetero) is 1. The lowest BCUT2D eigenvalue weighted by Gasteiger charge is -2.33. The smallest absolute Gasteiger partial charge is 0.230 e. The number of benzene rings is 1. The van der Waals surface area contributed by atoms with Crippen LogP contribution in [0.25, 0.3) is 0 Å². The molecule has 1 aliphatic heterocycles. The number of fused-ring (bicyclic) bond motifs is 1. The van der Waals surface area contributed by atoms with Crippen LogP contribution in [0.15, 0.2) is 41.2 Å². The molecule has 3 heterocycles. The Morgan fingerprint density at radius 2 is 1.97 bits per heavy atom. The van der Waals surface area contributed by atoms with Gasteiger partial charge in [0, 0.05) is 48.9 Å². The van der Waals surface area contributed by atoms with E-state index in [1.807, 2.05) is 55.4 Å². The lowest BCUT2D eigenvalue weighted by Crippen LogP contribution is -2.40. The van der Waals surface area contributed by atoms with Gasteiger partial charge in [-0.1, -0.05) is 29.4 Å². The predicted octanol–water partition coefficient (Wildman–Crippen LogP) is 3.61. The summed E-state index contributed by atoms with van der Waals surface area (Å²) in [4.78, 5) is 32.0. The molecule has 2 aromatic heterocycles. The Hall–Kier alpha value is -3.22. The molecule has 7 nitrogen and oxygen atoms in total. The van der Waals surface area contributed by atoms with Gasteiger partial charge in [-0.05, 0) is 32.3 Å². The molecule has 0 N–H and O–H groups in total. The van der Waals surface area contributed by atoms with Crippen molar-refractivity contribution in [2.45, 2.75) is 51.5 Å². The van der Waals surface area contributed by atoms with Gasteiger partial charge in [-0.3, -0.25) is 9.59 Å². The van der Waals surface area contributed by atoms with Gasteiger partial charge in [0.1, 0.15) is 11.6 Å². The van der Waals surface area contributed by atoms with E-state index in [0.717, 1.165) is 41.2 Å². The van der Waals surface area contributed by atoms with Gasteiger partial charge < -0.3 is 14.0 Å². The second-order valence-electron chi connectivity index (χ2n) is 8.58. The summed E-state index contributed by atoms with van der Waals surface area (Å²) in [5.74, 6) is 2.01. The number of aryl methyl sites for hydroxylation is 2. The molecule has 1 saturated heterocycles. The van der Waals surface area contributed by atoms with Crippen molar-refractivity contribution in [1.29, 1.82) is 0 Å². The molecular weight excluding hydrogens is 392 g/mol. The highest BCUT2D eigenvalue weighted by molar-refractivity contribution is 6.06. The van der Waals surface area contributed by atoms with E-state index >= 15 is 0 Å². The van der Waals surface area contributed by atoms with Crippen molar-refractivity contribution in [1.82, 2.24) is 19.6 Å². The van der Waals surface area contributed by atoms with Crippen LogP contribution in [0.4, 0.5) is 0 Å². The van der Waals surface area contributed by atoms with Crippen LogP contribution in [0.2, 0.25) is 0 Å². The van der Waals surface area contributed by atoms with Crippen LogP contribution in [0.1, 0.15) is 69.9 Å². The van der Waals surface area contributed by atoms with E-state index < -0.39 is 0 Å². The van der Waals surface area contributed by atoms with E-state index in [1.54, 1.807) is 0 Å². The van der Waals surface area contributed by atoms with Crippen molar-refractivity contribution in [3.05, 3.63) is 70.6 Å². The Morgan fingerprint density at radius 3 is 2.71 bits per heavy atom.